The summed E-state index contributed by atoms with van der Waals surface area (Å²) in [6, 6.07) is 2.21. The molecule has 1 amide bonds. The number of carbonyl (C=O) groups excluding carboxylic acids is 1. The predicted molar refractivity (Wildman–Crippen MR) is 98.0 cm³/mol. The Balaban J connectivity index is 2.03. The number of furan rings is 1. The van der Waals surface area contributed by atoms with Crippen molar-refractivity contribution in [2.45, 2.75) is 56.2 Å². The van der Waals surface area contributed by atoms with E-state index < -0.39 is 54.8 Å². The first-order valence-electron chi connectivity index (χ1n) is 10.1. The molecule has 174 valence electrons. The molecule has 0 aromatic carbocycles. The van der Waals surface area contributed by atoms with Crippen LogP contribution < -0.4 is 5.32 Å². The van der Waals surface area contributed by atoms with Crippen molar-refractivity contribution in [1.29, 1.82) is 0 Å². The maximum absolute atomic E-state index is 14.3. The number of rotatable bonds is 7. The minimum Gasteiger partial charge on any atom is -0.459 e. The molecule has 11 heteroatoms. The highest BCUT2D eigenvalue weighted by atomic mass is 19.4. The van der Waals surface area contributed by atoms with E-state index in [1.807, 2.05) is 6.08 Å². The van der Waals surface area contributed by atoms with Gasteiger partial charge in [0.2, 0.25) is 0 Å². The summed E-state index contributed by atoms with van der Waals surface area (Å²) in [6.07, 6.45) is -5.61. The van der Waals surface area contributed by atoms with Crippen molar-refractivity contribution >= 4 is 5.91 Å². The zero-order valence-electron chi connectivity index (χ0n) is 16.6. The minimum absolute atomic E-state index is 0.272. The van der Waals surface area contributed by atoms with Gasteiger partial charge in [-0.05, 0) is 50.2 Å². The molecule has 0 bridgehead atoms. The number of ether oxygens (including phenoxy) is 1. The molecule has 2 heterocycles. The lowest BCUT2D eigenvalue weighted by Crippen LogP contribution is -2.77. The monoisotopic (exact) mass is 454 g/mol. The van der Waals surface area contributed by atoms with Crippen molar-refractivity contribution in [3.63, 3.8) is 0 Å². The van der Waals surface area contributed by atoms with Gasteiger partial charge in [-0.3, -0.25) is 9.69 Å². The average Bonchev–Trinajstić information content (AvgIpc) is 3.38. The Morgan fingerprint density at radius 1 is 1.10 bits per heavy atom. The molecule has 1 fully saturated rings. The fraction of sp³-hybridized carbons (Fsp3) is 0.650. The second-order valence-corrected chi connectivity index (χ2v) is 7.83. The van der Waals surface area contributed by atoms with E-state index in [-0.39, 0.29) is 6.61 Å². The lowest BCUT2D eigenvalue weighted by molar-refractivity contribution is -0.351. The Hall–Kier alpha value is -2.01. The predicted octanol–water partition coefficient (Wildman–Crippen LogP) is 4.67. The molecule has 1 saturated heterocycles. The number of alkyl halides is 6. The van der Waals surface area contributed by atoms with E-state index in [2.05, 4.69) is 0 Å². The van der Waals surface area contributed by atoms with Gasteiger partial charge in [-0.1, -0.05) is 12.2 Å². The van der Waals surface area contributed by atoms with Crippen LogP contribution in [0.2, 0.25) is 0 Å². The van der Waals surface area contributed by atoms with Crippen molar-refractivity contribution in [2.24, 2.45) is 5.92 Å². The Bertz CT molecular complexity index is 740. The maximum Gasteiger partial charge on any atom is 0.434 e. The number of carbonyl (C=O) groups is 1. The van der Waals surface area contributed by atoms with Gasteiger partial charge >= 0.3 is 12.4 Å². The van der Waals surface area contributed by atoms with Gasteiger partial charge in [0.15, 0.2) is 5.76 Å². The first-order chi connectivity index (χ1) is 14.5. The summed E-state index contributed by atoms with van der Waals surface area (Å²) in [4.78, 5) is 12.7. The highest BCUT2D eigenvalue weighted by Crippen LogP contribution is 2.46. The van der Waals surface area contributed by atoms with Gasteiger partial charge in [-0.15, -0.1) is 0 Å². The van der Waals surface area contributed by atoms with E-state index in [1.165, 1.54) is 11.4 Å². The number of hydrogen-bond acceptors (Lipinski definition) is 4. The van der Waals surface area contributed by atoms with E-state index in [0.29, 0.717) is 37.0 Å². The van der Waals surface area contributed by atoms with Crippen LogP contribution >= 0.6 is 0 Å². The number of nitrogens with zero attached hydrogens (tertiary/aromatic N) is 1. The third-order valence-electron chi connectivity index (χ3n) is 5.64. The van der Waals surface area contributed by atoms with Crippen LogP contribution in [0.15, 0.2) is 35.0 Å². The molecule has 1 aliphatic carbocycles. The molecule has 2 atom stereocenters. The van der Waals surface area contributed by atoms with Crippen LogP contribution in [0, 0.1) is 5.92 Å². The Labute approximate surface area is 175 Å². The first kappa shape index (κ1) is 23.6. The zero-order valence-corrected chi connectivity index (χ0v) is 16.6. The summed E-state index contributed by atoms with van der Waals surface area (Å²) in [5.74, 6) is -2.66. The van der Waals surface area contributed by atoms with Crippen LogP contribution in [0.25, 0.3) is 0 Å². The van der Waals surface area contributed by atoms with Gasteiger partial charge in [-0.2, -0.15) is 26.3 Å². The molecule has 0 radical (unpaired) electrons. The van der Waals surface area contributed by atoms with Gasteiger partial charge in [0, 0.05) is 19.7 Å². The van der Waals surface area contributed by atoms with Crippen molar-refractivity contribution in [3.05, 3.63) is 36.3 Å². The molecule has 1 aromatic rings. The largest absolute Gasteiger partial charge is 0.459 e. The van der Waals surface area contributed by atoms with Gasteiger partial charge in [0.1, 0.15) is 0 Å². The van der Waals surface area contributed by atoms with Gasteiger partial charge in [0.05, 0.1) is 12.4 Å². The average molecular weight is 454 g/mol. The Morgan fingerprint density at radius 2 is 1.84 bits per heavy atom. The molecule has 0 unspecified atom stereocenters. The lowest BCUT2D eigenvalue weighted by Gasteiger charge is -2.47. The quantitative estimate of drug-likeness (QED) is 0.370. The molecule has 1 aliphatic heterocycles. The van der Waals surface area contributed by atoms with Crippen LogP contribution in [0.3, 0.4) is 0 Å². The van der Waals surface area contributed by atoms with E-state index >= 15 is 0 Å². The molecule has 31 heavy (non-hydrogen) atoms. The summed E-state index contributed by atoms with van der Waals surface area (Å²) in [5, 5.41) is 1.25. The molecular formula is C20H24F6N2O3. The SMILES string of the molecule is O=C(NC(N(C[C@@H]1CC=CCC1)C[C@H]1CCCO1)(C(F)(F)F)C(F)(F)F)c1ccco1. The highest BCUT2D eigenvalue weighted by Gasteiger charge is 2.75. The zero-order chi connectivity index (χ0) is 22.7. The summed E-state index contributed by atoms with van der Waals surface area (Å²) in [5.41, 5.74) is -4.59. The molecule has 1 N–H and O–H groups in total. The van der Waals surface area contributed by atoms with Crippen LogP contribution in [0.1, 0.15) is 42.7 Å². The van der Waals surface area contributed by atoms with Crippen molar-refractivity contribution in [1.82, 2.24) is 10.2 Å². The van der Waals surface area contributed by atoms with E-state index in [0.717, 1.165) is 12.3 Å². The normalized spacial score (nSPS) is 22.8. The van der Waals surface area contributed by atoms with Crippen molar-refractivity contribution < 1.29 is 40.3 Å². The number of amides is 1. The second kappa shape index (κ2) is 9.23. The molecule has 2 aliphatic rings. The second-order valence-electron chi connectivity index (χ2n) is 7.83. The highest BCUT2D eigenvalue weighted by molar-refractivity contribution is 5.92. The summed E-state index contributed by atoms with van der Waals surface area (Å²) in [6.45, 7) is -0.839. The first-order valence-corrected chi connectivity index (χ1v) is 10.1. The fourth-order valence-electron chi connectivity index (χ4n) is 4.09. The lowest BCUT2D eigenvalue weighted by atomic mass is 9.92. The fourth-order valence-corrected chi connectivity index (χ4v) is 4.09. The molecule has 5 nitrogen and oxygen atoms in total. The molecular weight excluding hydrogens is 430 g/mol. The summed E-state index contributed by atoms with van der Waals surface area (Å²) >= 11 is 0. The number of hydrogen-bond donors (Lipinski definition) is 1. The summed E-state index contributed by atoms with van der Waals surface area (Å²) in [7, 11) is 0. The summed E-state index contributed by atoms with van der Waals surface area (Å²) < 4.78 is 95.8. The van der Waals surface area contributed by atoms with Crippen LogP contribution in [0.5, 0.6) is 0 Å². The standard InChI is InChI=1S/C20H24F6N2O3/c21-19(22,23)18(20(24,25)26,27-17(29)16-9-5-11-31-16)28(13-15-8-4-10-30-15)12-14-6-2-1-3-7-14/h1-2,5,9,11,14-15H,3-4,6-8,10,12-13H2,(H,27,29)/t14-,15-/m1/s1. The van der Waals surface area contributed by atoms with E-state index in [4.69, 9.17) is 9.15 Å². The molecule has 0 spiro atoms. The van der Waals surface area contributed by atoms with Crippen molar-refractivity contribution in [3.8, 4) is 0 Å². The Kier molecular flexibility index (Phi) is 7.04. The van der Waals surface area contributed by atoms with E-state index in [1.54, 1.807) is 6.08 Å². The van der Waals surface area contributed by atoms with Gasteiger partial charge in [0.25, 0.3) is 11.6 Å². The molecule has 3 rings (SSSR count). The minimum atomic E-state index is -5.85. The van der Waals surface area contributed by atoms with E-state index in [9.17, 15) is 31.1 Å². The van der Waals surface area contributed by atoms with Crippen LogP contribution in [-0.4, -0.2) is 54.6 Å². The van der Waals surface area contributed by atoms with Crippen LogP contribution in [-0.2, 0) is 4.74 Å². The van der Waals surface area contributed by atoms with Crippen molar-refractivity contribution in [2.75, 3.05) is 19.7 Å². The number of halogens is 6. The Morgan fingerprint density at radius 3 is 2.35 bits per heavy atom. The van der Waals surface area contributed by atoms with Crippen LogP contribution in [0.4, 0.5) is 26.3 Å². The topological polar surface area (TPSA) is 54.7 Å². The molecule has 1 aromatic heterocycles. The smallest absolute Gasteiger partial charge is 0.434 e. The maximum atomic E-state index is 14.3. The number of allylic oxidation sites excluding steroid dienone is 2. The molecule has 0 saturated carbocycles. The third kappa shape index (κ3) is 5.08. The third-order valence-corrected chi connectivity index (χ3v) is 5.64. The van der Waals surface area contributed by atoms with Gasteiger partial charge in [-0.25, -0.2) is 0 Å². The van der Waals surface area contributed by atoms with Gasteiger partial charge < -0.3 is 14.5 Å². The number of nitrogens with one attached hydrogen (secondary N) is 1.